The van der Waals surface area contributed by atoms with E-state index < -0.39 is 0 Å². The summed E-state index contributed by atoms with van der Waals surface area (Å²) in [6, 6.07) is 12.8. The molecule has 0 spiro atoms. The summed E-state index contributed by atoms with van der Waals surface area (Å²) in [6.07, 6.45) is 3.99. The second-order valence-electron chi connectivity index (χ2n) is 10.7. The quantitative estimate of drug-likeness (QED) is 0.375. The molecule has 0 radical (unpaired) electrons. The fourth-order valence-corrected chi connectivity index (χ4v) is 4.70. The third-order valence-corrected chi connectivity index (χ3v) is 6.79. The molecule has 0 saturated carbocycles. The van der Waals surface area contributed by atoms with Crippen LogP contribution in [0.4, 0.5) is 11.5 Å². The van der Waals surface area contributed by atoms with Gasteiger partial charge in [0.15, 0.2) is 11.6 Å². The molecule has 3 aromatic rings. The third kappa shape index (κ3) is 6.14. The predicted molar refractivity (Wildman–Crippen MR) is 146 cm³/mol. The van der Waals surface area contributed by atoms with Gasteiger partial charge in [0.1, 0.15) is 10.8 Å². The number of hydrogen-bond donors (Lipinski definition) is 2. The maximum absolute atomic E-state index is 6.53. The minimum Gasteiger partial charge on any atom is -0.489 e. The number of anilines is 2. The molecule has 0 atom stereocenters. The summed E-state index contributed by atoms with van der Waals surface area (Å²) in [7, 11) is 0. The van der Waals surface area contributed by atoms with Crippen LogP contribution in [0.25, 0.3) is 11.4 Å². The van der Waals surface area contributed by atoms with Gasteiger partial charge in [-0.05, 0) is 86.9 Å². The number of halogens is 1. The second kappa shape index (κ2) is 10.5. The fourth-order valence-electron chi connectivity index (χ4n) is 4.57. The Balaban J connectivity index is 1.66. The normalized spacial score (nSPS) is 14.9. The molecule has 2 heterocycles. The van der Waals surface area contributed by atoms with Crippen molar-refractivity contribution in [1.29, 1.82) is 0 Å². The molecule has 6 heteroatoms. The van der Waals surface area contributed by atoms with Crippen LogP contribution in [0.3, 0.4) is 0 Å². The van der Waals surface area contributed by atoms with Crippen molar-refractivity contribution in [3.05, 3.63) is 64.3 Å². The largest absolute Gasteiger partial charge is 0.489 e. The first kappa shape index (κ1) is 25.5. The van der Waals surface area contributed by atoms with Crippen LogP contribution in [0, 0.1) is 6.92 Å². The Morgan fingerprint density at radius 2 is 1.77 bits per heavy atom. The summed E-state index contributed by atoms with van der Waals surface area (Å²) in [4.78, 5) is 9.26. The van der Waals surface area contributed by atoms with E-state index in [1.165, 1.54) is 16.7 Å². The Hall–Kier alpha value is -2.63. The van der Waals surface area contributed by atoms with Gasteiger partial charge in [-0.15, -0.1) is 0 Å². The summed E-state index contributed by atoms with van der Waals surface area (Å²) < 4.78 is 6.24. The maximum Gasteiger partial charge on any atom is 0.161 e. The number of benzene rings is 2. The zero-order valence-corrected chi connectivity index (χ0v) is 22.5. The van der Waals surface area contributed by atoms with Crippen molar-refractivity contribution < 1.29 is 4.74 Å². The van der Waals surface area contributed by atoms with Crippen LogP contribution < -0.4 is 15.4 Å². The fraction of sp³-hybridized carbons (Fsp3) is 0.448. The summed E-state index contributed by atoms with van der Waals surface area (Å²) in [5.41, 5.74) is 5.79. The lowest BCUT2D eigenvalue weighted by Gasteiger charge is -2.26. The lowest BCUT2D eigenvalue weighted by molar-refractivity contribution is 0.243. The van der Waals surface area contributed by atoms with Gasteiger partial charge in [0.2, 0.25) is 0 Å². The molecule has 35 heavy (non-hydrogen) atoms. The topological polar surface area (TPSA) is 59.1 Å². The number of nitrogens with zero attached hydrogens (tertiary/aromatic N) is 2. The average molecular weight is 493 g/mol. The van der Waals surface area contributed by atoms with Crippen molar-refractivity contribution in [2.45, 2.75) is 71.8 Å². The Kier molecular flexibility index (Phi) is 7.67. The third-order valence-electron chi connectivity index (χ3n) is 6.52. The van der Waals surface area contributed by atoms with E-state index in [2.05, 4.69) is 79.7 Å². The number of rotatable bonds is 6. The number of ether oxygens (including phenoxy) is 1. The SMILES string of the molecule is Cc1cc(Nc2nc(-c3ccc(C(C)(C)C)cc3)ncc2Cl)c(OC(C)C)cc1C1CCNCC1. The molecule has 2 aromatic carbocycles. The van der Waals surface area contributed by atoms with Crippen LogP contribution in [-0.4, -0.2) is 29.2 Å². The number of hydrogen-bond acceptors (Lipinski definition) is 5. The monoisotopic (exact) mass is 492 g/mol. The smallest absolute Gasteiger partial charge is 0.161 e. The second-order valence-corrected chi connectivity index (χ2v) is 11.1. The molecule has 1 aliphatic rings. The summed E-state index contributed by atoms with van der Waals surface area (Å²) in [5, 5.41) is 7.37. The first-order valence-corrected chi connectivity index (χ1v) is 12.9. The van der Waals surface area contributed by atoms with Crippen LogP contribution in [0.5, 0.6) is 5.75 Å². The molecule has 4 rings (SSSR count). The Morgan fingerprint density at radius 1 is 1.09 bits per heavy atom. The molecular formula is C29H37ClN4O. The minimum atomic E-state index is 0.0527. The molecule has 1 saturated heterocycles. The van der Waals surface area contributed by atoms with Gasteiger partial charge in [0.25, 0.3) is 0 Å². The lowest BCUT2D eigenvalue weighted by Crippen LogP contribution is -2.27. The first-order valence-electron chi connectivity index (χ1n) is 12.5. The van der Waals surface area contributed by atoms with E-state index in [-0.39, 0.29) is 11.5 Å². The van der Waals surface area contributed by atoms with E-state index in [9.17, 15) is 0 Å². The highest BCUT2D eigenvalue weighted by molar-refractivity contribution is 6.33. The molecule has 0 unspecified atom stereocenters. The van der Waals surface area contributed by atoms with Crippen molar-refractivity contribution in [2.24, 2.45) is 0 Å². The van der Waals surface area contributed by atoms with Gasteiger partial charge in [0.05, 0.1) is 18.0 Å². The number of nitrogens with one attached hydrogen (secondary N) is 2. The number of aromatic nitrogens is 2. The summed E-state index contributed by atoms with van der Waals surface area (Å²) in [6.45, 7) is 15.0. The van der Waals surface area contributed by atoms with Gasteiger partial charge >= 0.3 is 0 Å². The predicted octanol–water partition coefficient (Wildman–Crippen LogP) is 7.40. The summed E-state index contributed by atoms with van der Waals surface area (Å²) >= 11 is 6.53. The van der Waals surface area contributed by atoms with Gasteiger partial charge in [-0.25, -0.2) is 9.97 Å². The first-order chi connectivity index (χ1) is 16.6. The van der Waals surface area contributed by atoms with Crippen LogP contribution in [-0.2, 0) is 5.41 Å². The van der Waals surface area contributed by atoms with Crippen molar-refractivity contribution in [3.63, 3.8) is 0 Å². The van der Waals surface area contributed by atoms with E-state index in [0.717, 1.165) is 42.9 Å². The zero-order chi connectivity index (χ0) is 25.2. The van der Waals surface area contributed by atoms with Gasteiger partial charge in [-0.3, -0.25) is 0 Å². The van der Waals surface area contributed by atoms with E-state index in [0.29, 0.717) is 22.6 Å². The molecule has 0 aliphatic carbocycles. The summed E-state index contributed by atoms with van der Waals surface area (Å²) in [5.74, 6) is 2.57. The average Bonchev–Trinajstić information content (AvgIpc) is 2.82. The standard InChI is InChI=1S/C29H37ClN4O/c1-18(2)35-26-16-23(20-11-13-31-14-12-20)19(3)15-25(26)33-28-24(30)17-32-27(34-28)21-7-9-22(10-8-21)29(4,5)6/h7-10,15-18,20,31H,11-14H2,1-6H3,(H,32,33,34). The molecule has 5 nitrogen and oxygen atoms in total. The van der Waals surface area contributed by atoms with E-state index in [1.54, 1.807) is 6.20 Å². The molecule has 186 valence electrons. The Morgan fingerprint density at radius 3 is 2.40 bits per heavy atom. The van der Waals surface area contributed by atoms with Crippen LogP contribution in [0.2, 0.25) is 5.02 Å². The molecule has 1 aromatic heterocycles. The maximum atomic E-state index is 6.53. The van der Waals surface area contributed by atoms with E-state index in [4.69, 9.17) is 21.3 Å². The van der Waals surface area contributed by atoms with Crippen molar-refractivity contribution in [3.8, 4) is 17.1 Å². The number of piperidine rings is 1. The van der Waals surface area contributed by atoms with Crippen molar-refractivity contribution in [2.75, 3.05) is 18.4 Å². The molecule has 0 amide bonds. The van der Waals surface area contributed by atoms with Crippen molar-refractivity contribution >= 4 is 23.1 Å². The minimum absolute atomic E-state index is 0.0527. The molecule has 1 aliphatic heterocycles. The van der Waals surface area contributed by atoms with E-state index >= 15 is 0 Å². The van der Waals surface area contributed by atoms with E-state index in [1.807, 2.05) is 13.8 Å². The van der Waals surface area contributed by atoms with Crippen LogP contribution >= 0.6 is 11.6 Å². The van der Waals surface area contributed by atoms with Crippen LogP contribution in [0.1, 0.15) is 70.1 Å². The van der Waals surface area contributed by atoms with Gasteiger partial charge in [0, 0.05) is 5.56 Å². The molecule has 2 N–H and O–H groups in total. The lowest BCUT2D eigenvalue weighted by atomic mass is 9.87. The highest BCUT2D eigenvalue weighted by Crippen LogP contribution is 2.38. The molecular weight excluding hydrogens is 456 g/mol. The molecule has 0 bridgehead atoms. The Bertz CT molecular complexity index is 1160. The van der Waals surface area contributed by atoms with Crippen molar-refractivity contribution in [1.82, 2.24) is 15.3 Å². The number of aryl methyl sites for hydroxylation is 1. The van der Waals surface area contributed by atoms with Gasteiger partial charge < -0.3 is 15.4 Å². The van der Waals surface area contributed by atoms with Gasteiger partial charge in [-0.2, -0.15) is 0 Å². The Labute approximate surface area is 214 Å². The molecule has 1 fully saturated rings. The van der Waals surface area contributed by atoms with Crippen LogP contribution in [0.15, 0.2) is 42.6 Å². The highest BCUT2D eigenvalue weighted by atomic mass is 35.5. The van der Waals surface area contributed by atoms with Gasteiger partial charge in [-0.1, -0.05) is 56.6 Å². The highest BCUT2D eigenvalue weighted by Gasteiger charge is 2.21. The zero-order valence-electron chi connectivity index (χ0n) is 21.7.